The number of ether oxygens (including phenoxy) is 2. The van der Waals surface area contributed by atoms with E-state index < -0.39 is 5.92 Å². The highest BCUT2D eigenvalue weighted by Crippen LogP contribution is 2.49. The van der Waals surface area contributed by atoms with Crippen LogP contribution in [0.1, 0.15) is 43.6 Å². The number of rotatable bonds is 3. The normalized spacial score (nSPS) is 16.5. The lowest BCUT2D eigenvalue weighted by atomic mass is 9.78. The van der Waals surface area contributed by atoms with Gasteiger partial charge in [-0.2, -0.15) is 5.26 Å². The Morgan fingerprint density at radius 2 is 2.00 bits per heavy atom. The Bertz CT molecular complexity index is 916. The van der Waals surface area contributed by atoms with Crippen molar-refractivity contribution in [2.24, 2.45) is 5.73 Å². The van der Waals surface area contributed by atoms with Crippen LogP contribution in [0.25, 0.3) is 0 Å². The smallest absolute Gasteiger partial charge is 0.179 e. The number of nitrogens with zero attached hydrogens (tertiary/aromatic N) is 2. The van der Waals surface area contributed by atoms with Crippen LogP contribution in [-0.2, 0) is 5.41 Å². The number of anilines is 1. The van der Waals surface area contributed by atoms with Crippen LogP contribution in [0, 0.1) is 11.3 Å². The van der Waals surface area contributed by atoms with Crippen molar-refractivity contribution < 1.29 is 14.0 Å². The van der Waals surface area contributed by atoms with Crippen molar-refractivity contribution in [2.45, 2.75) is 32.1 Å². The molecule has 0 amide bonds. The molecule has 1 aliphatic heterocycles. The van der Waals surface area contributed by atoms with Gasteiger partial charge in [0.1, 0.15) is 11.6 Å². The molecule has 0 aliphatic carbocycles. The number of aromatic nitrogens is 1. The molecular formula is C19H22N4O3. The molecule has 0 spiro atoms. The molecule has 0 fully saturated rings. The molecular weight excluding hydrogens is 332 g/mol. The van der Waals surface area contributed by atoms with Crippen molar-refractivity contribution in [1.29, 1.82) is 5.26 Å². The van der Waals surface area contributed by atoms with Gasteiger partial charge in [0.05, 0.1) is 37.3 Å². The predicted molar refractivity (Wildman–Crippen MR) is 97.0 cm³/mol. The van der Waals surface area contributed by atoms with Crippen LogP contribution in [0.2, 0.25) is 0 Å². The zero-order valence-electron chi connectivity index (χ0n) is 15.5. The van der Waals surface area contributed by atoms with E-state index in [-0.39, 0.29) is 11.2 Å². The third kappa shape index (κ3) is 2.64. The molecule has 3 N–H and O–H groups in total. The maximum atomic E-state index is 9.79. The zero-order valence-corrected chi connectivity index (χ0v) is 15.5. The second-order valence-electron chi connectivity index (χ2n) is 7.10. The number of methoxy groups -OCH3 is 2. The Labute approximate surface area is 152 Å². The minimum atomic E-state index is -0.471. The van der Waals surface area contributed by atoms with Gasteiger partial charge >= 0.3 is 0 Å². The Morgan fingerprint density at radius 3 is 2.58 bits per heavy atom. The summed E-state index contributed by atoms with van der Waals surface area (Å²) in [7, 11) is 3.14. The number of allylic oxidation sites excluding steroid dienone is 1. The Balaban J connectivity index is 2.34. The van der Waals surface area contributed by atoms with Crippen LogP contribution in [0.3, 0.4) is 0 Å². The largest absolute Gasteiger partial charge is 0.493 e. The molecule has 3 rings (SSSR count). The molecule has 7 heteroatoms. The maximum Gasteiger partial charge on any atom is 0.179 e. The second kappa shape index (κ2) is 6.30. The molecule has 0 radical (unpaired) electrons. The lowest BCUT2D eigenvalue weighted by Crippen LogP contribution is -2.25. The molecule has 136 valence electrons. The van der Waals surface area contributed by atoms with Gasteiger partial charge in [-0.05, 0) is 6.07 Å². The molecule has 26 heavy (non-hydrogen) atoms. The molecule has 7 nitrogen and oxygen atoms in total. The van der Waals surface area contributed by atoms with E-state index in [1.807, 2.05) is 39.0 Å². The van der Waals surface area contributed by atoms with Crippen LogP contribution in [0.4, 0.5) is 5.82 Å². The summed E-state index contributed by atoms with van der Waals surface area (Å²) in [6.45, 7) is 6.09. The first-order valence-electron chi connectivity index (χ1n) is 8.21. The summed E-state index contributed by atoms with van der Waals surface area (Å²) in [6.07, 6.45) is 0. The molecule has 0 saturated carbocycles. The van der Waals surface area contributed by atoms with Crippen LogP contribution >= 0.6 is 0 Å². The highest BCUT2D eigenvalue weighted by molar-refractivity contribution is 5.68. The Kier molecular flexibility index (Phi) is 4.28. The van der Waals surface area contributed by atoms with Gasteiger partial charge in [0.25, 0.3) is 0 Å². The van der Waals surface area contributed by atoms with E-state index in [2.05, 4.69) is 16.5 Å². The summed E-state index contributed by atoms with van der Waals surface area (Å²) in [6, 6.07) is 7.78. The van der Waals surface area contributed by atoms with E-state index >= 15 is 0 Å². The molecule has 2 aromatic rings. The number of benzene rings is 1. The quantitative estimate of drug-likeness (QED) is 0.871. The highest BCUT2D eigenvalue weighted by atomic mass is 16.5. The lowest BCUT2D eigenvalue weighted by Gasteiger charge is -2.28. The van der Waals surface area contributed by atoms with Crippen molar-refractivity contribution in [2.75, 3.05) is 19.5 Å². The van der Waals surface area contributed by atoms with Crippen LogP contribution < -0.4 is 20.5 Å². The predicted octanol–water partition coefficient (Wildman–Crippen LogP) is 3.24. The topological polar surface area (TPSA) is 106 Å². The summed E-state index contributed by atoms with van der Waals surface area (Å²) in [5.74, 6) is 2.12. The van der Waals surface area contributed by atoms with Crippen LogP contribution in [-0.4, -0.2) is 19.4 Å². The molecule has 1 unspecified atom stereocenters. The number of fused-ring (bicyclic) bond motifs is 1. The number of nitrogens with one attached hydrogen (secondary N) is 1. The van der Waals surface area contributed by atoms with Gasteiger partial charge in [0.2, 0.25) is 0 Å². The molecule has 1 aliphatic rings. The maximum absolute atomic E-state index is 9.79. The number of nitriles is 1. The SMILES string of the molecule is COc1cccc(C2C(C#N)=C(N)Nc3noc(C(C)(C)C)c32)c1OC. The first-order valence-corrected chi connectivity index (χ1v) is 8.21. The standard InChI is InChI=1S/C19H22N4O3/c1-19(2,3)16-14-13(10-7-6-8-12(24-4)15(10)25-5)11(9-20)17(21)22-18(14)23-26-16/h6-8,13H,21H2,1-5H3,(H,22,23). The number of hydrogen-bond acceptors (Lipinski definition) is 7. The second-order valence-corrected chi connectivity index (χ2v) is 7.10. The zero-order chi connectivity index (χ0) is 19.1. The fourth-order valence-corrected chi connectivity index (χ4v) is 3.27. The molecule has 1 aromatic heterocycles. The van der Waals surface area contributed by atoms with Gasteiger partial charge < -0.3 is 25.0 Å². The summed E-state index contributed by atoms with van der Waals surface area (Å²) in [4.78, 5) is 0. The summed E-state index contributed by atoms with van der Waals surface area (Å²) in [5, 5.41) is 16.9. The van der Waals surface area contributed by atoms with E-state index in [4.69, 9.17) is 19.7 Å². The first-order chi connectivity index (χ1) is 12.3. The van der Waals surface area contributed by atoms with Crippen LogP contribution in [0.5, 0.6) is 11.5 Å². The fraction of sp³-hybridized carbons (Fsp3) is 0.368. The van der Waals surface area contributed by atoms with E-state index in [1.165, 1.54) is 0 Å². The molecule has 1 aromatic carbocycles. The van der Waals surface area contributed by atoms with Gasteiger partial charge in [0.15, 0.2) is 17.3 Å². The third-order valence-electron chi connectivity index (χ3n) is 4.39. The average molecular weight is 354 g/mol. The summed E-state index contributed by atoms with van der Waals surface area (Å²) in [5.41, 5.74) is 7.74. The highest BCUT2D eigenvalue weighted by Gasteiger charge is 2.39. The van der Waals surface area contributed by atoms with Crippen molar-refractivity contribution >= 4 is 5.82 Å². The summed E-state index contributed by atoms with van der Waals surface area (Å²) < 4.78 is 16.6. The van der Waals surface area contributed by atoms with Crippen molar-refractivity contribution in [3.63, 3.8) is 0 Å². The lowest BCUT2D eigenvalue weighted by molar-refractivity contribution is 0.327. The van der Waals surface area contributed by atoms with Gasteiger partial charge in [-0.15, -0.1) is 0 Å². The number of para-hydroxylation sites is 1. The van der Waals surface area contributed by atoms with Gasteiger partial charge in [-0.1, -0.05) is 38.1 Å². The van der Waals surface area contributed by atoms with Crippen molar-refractivity contribution in [3.8, 4) is 17.6 Å². The molecule has 2 heterocycles. The minimum Gasteiger partial charge on any atom is -0.493 e. The first kappa shape index (κ1) is 17.7. The van der Waals surface area contributed by atoms with E-state index in [9.17, 15) is 5.26 Å². The van der Waals surface area contributed by atoms with E-state index in [1.54, 1.807) is 14.2 Å². The fourth-order valence-electron chi connectivity index (χ4n) is 3.27. The number of hydrogen-bond donors (Lipinski definition) is 2. The van der Waals surface area contributed by atoms with E-state index in [0.717, 1.165) is 11.1 Å². The third-order valence-corrected chi connectivity index (χ3v) is 4.39. The summed E-state index contributed by atoms with van der Waals surface area (Å²) >= 11 is 0. The van der Waals surface area contributed by atoms with Crippen molar-refractivity contribution in [1.82, 2.24) is 5.16 Å². The van der Waals surface area contributed by atoms with E-state index in [0.29, 0.717) is 28.7 Å². The Hall–Kier alpha value is -3.14. The average Bonchev–Trinajstić information content (AvgIpc) is 3.03. The van der Waals surface area contributed by atoms with Gasteiger partial charge in [0, 0.05) is 11.0 Å². The monoisotopic (exact) mass is 354 g/mol. The van der Waals surface area contributed by atoms with Gasteiger partial charge in [-0.3, -0.25) is 0 Å². The molecule has 0 bridgehead atoms. The minimum absolute atomic E-state index is 0.253. The van der Waals surface area contributed by atoms with Gasteiger partial charge in [-0.25, -0.2) is 0 Å². The Morgan fingerprint density at radius 1 is 1.27 bits per heavy atom. The van der Waals surface area contributed by atoms with Crippen LogP contribution in [0.15, 0.2) is 34.1 Å². The molecule has 1 atom stereocenters. The number of nitrogens with two attached hydrogens (primary N) is 1. The molecule has 0 saturated heterocycles. The van der Waals surface area contributed by atoms with Crippen molar-refractivity contribution in [3.05, 3.63) is 46.5 Å².